The zero-order valence-electron chi connectivity index (χ0n) is 9.52. The first-order chi connectivity index (χ1) is 6.87. The maximum atomic E-state index is 3.49. The molecule has 0 aromatic heterocycles. The quantitative estimate of drug-likeness (QED) is 0.690. The fourth-order valence-corrected chi connectivity index (χ4v) is 3.28. The third-order valence-corrected chi connectivity index (χ3v) is 4.16. The Kier molecular flexibility index (Phi) is 3.45. The molecule has 0 atom stereocenters. The van der Waals surface area contributed by atoms with Gasteiger partial charge in [0.1, 0.15) is 0 Å². The first-order valence-electron chi connectivity index (χ1n) is 6.33. The highest BCUT2D eigenvalue weighted by atomic mass is 15.2. The topological polar surface area (TPSA) is 15.3 Å². The number of likely N-dealkylation sites (tertiary alicyclic amines) is 1. The van der Waals surface area contributed by atoms with E-state index in [0.29, 0.717) is 5.54 Å². The zero-order valence-corrected chi connectivity index (χ0v) is 9.52. The van der Waals surface area contributed by atoms with E-state index in [1.165, 1.54) is 64.7 Å². The van der Waals surface area contributed by atoms with Gasteiger partial charge in [-0.1, -0.05) is 19.8 Å². The van der Waals surface area contributed by atoms with Gasteiger partial charge in [0.2, 0.25) is 0 Å². The average molecular weight is 196 g/mol. The fourth-order valence-electron chi connectivity index (χ4n) is 3.28. The van der Waals surface area contributed by atoms with Crippen LogP contribution in [0.15, 0.2) is 0 Å². The summed E-state index contributed by atoms with van der Waals surface area (Å²) in [5.74, 6) is 0. The minimum Gasteiger partial charge on any atom is -0.317 e. The Balaban J connectivity index is 2.08. The smallest absolute Gasteiger partial charge is 0.0233 e. The van der Waals surface area contributed by atoms with Crippen LogP contribution in [0.4, 0.5) is 0 Å². The molecule has 1 spiro atoms. The van der Waals surface area contributed by atoms with Gasteiger partial charge in [-0.05, 0) is 51.9 Å². The van der Waals surface area contributed by atoms with Crippen molar-refractivity contribution in [3.05, 3.63) is 0 Å². The Morgan fingerprint density at radius 2 is 1.86 bits per heavy atom. The summed E-state index contributed by atoms with van der Waals surface area (Å²) in [5, 5.41) is 3.49. The van der Waals surface area contributed by atoms with E-state index in [9.17, 15) is 0 Å². The molecule has 2 aliphatic rings. The highest BCUT2D eigenvalue weighted by Gasteiger charge is 2.37. The molecule has 2 heterocycles. The van der Waals surface area contributed by atoms with E-state index in [2.05, 4.69) is 17.1 Å². The number of rotatable bonds is 1. The number of hydrogen-bond acceptors (Lipinski definition) is 2. The lowest BCUT2D eigenvalue weighted by Gasteiger charge is -2.45. The van der Waals surface area contributed by atoms with Gasteiger partial charge in [0.15, 0.2) is 0 Å². The molecule has 0 saturated carbocycles. The molecule has 2 heteroatoms. The van der Waals surface area contributed by atoms with E-state index < -0.39 is 0 Å². The van der Waals surface area contributed by atoms with Crippen LogP contribution in [0.25, 0.3) is 0 Å². The maximum absolute atomic E-state index is 3.49. The van der Waals surface area contributed by atoms with Gasteiger partial charge in [-0.2, -0.15) is 0 Å². The number of nitrogens with zero attached hydrogens (tertiary/aromatic N) is 1. The van der Waals surface area contributed by atoms with E-state index >= 15 is 0 Å². The number of nitrogens with one attached hydrogen (secondary N) is 1. The van der Waals surface area contributed by atoms with Crippen LogP contribution in [0.3, 0.4) is 0 Å². The summed E-state index contributed by atoms with van der Waals surface area (Å²) < 4.78 is 0. The van der Waals surface area contributed by atoms with E-state index in [0.717, 1.165) is 0 Å². The van der Waals surface area contributed by atoms with Crippen molar-refractivity contribution in [2.75, 3.05) is 26.2 Å². The molecule has 0 aromatic rings. The third kappa shape index (κ3) is 1.96. The van der Waals surface area contributed by atoms with Crippen molar-refractivity contribution < 1.29 is 0 Å². The molecular weight excluding hydrogens is 172 g/mol. The van der Waals surface area contributed by atoms with Gasteiger partial charge >= 0.3 is 0 Å². The van der Waals surface area contributed by atoms with Crippen LogP contribution in [0.5, 0.6) is 0 Å². The minimum absolute atomic E-state index is 0.580. The summed E-state index contributed by atoms with van der Waals surface area (Å²) in [6.07, 6.45) is 8.52. The Bertz CT molecular complexity index is 173. The predicted octanol–water partition coefficient (Wildman–Crippen LogP) is 2.00. The van der Waals surface area contributed by atoms with Crippen LogP contribution in [0, 0.1) is 0 Å². The fraction of sp³-hybridized carbons (Fsp3) is 1.00. The van der Waals surface area contributed by atoms with Crippen LogP contribution in [0.1, 0.15) is 45.4 Å². The zero-order chi connectivity index (χ0) is 9.86. The Morgan fingerprint density at radius 1 is 1.07 bits per heavy atom. The van der Waals surface area contributed by atoms with Crippen LogP contribution in [-0.4, -0.2) is 36.6 Å². The molecular formula is C12H24N2. The molecule has 0 amide bonds. The van der Waals surface area contributed by atoms with Gasteiger partial charge in [0, 0.05) is 5.54 Å². The highest BCUT2D eigenvalue weighted by Crippen LogP contribution is 2.34. The van der Waals surface area contributed by atoms with Crippen LogP contribution < -0.4 is 5.32 Å². The molecule has 2 nitrogen and oxygen atoms in total. The second kappa shape index (κ2) is 4.63. The van der Waals surface area contributed by atoms with Crippen molar-refractivity contribution in [1.82, 2.24) is 10.2 Å². The maximum Gasteiger partial charge on any atom is 0.0233 e. The van der Waals surface area contributed by atoms with E-state index in [1.807, 2.05) is 0 Å². The Morgan fingerprint density at radius 3 is 2.57 bits per heavy atom. The van der Waals surface area contributed by atoms with Crippen LogP contribution >= 0.6 is 0 Å². The van der Waals surface area contributed by atoms with Gasteiger partial charge in [-0.3, -0.25) is 4.90 Å². The highest BCUT2D eigenvalue weighted by molar-refractivity contribution is 4.95. The lowest BCUT2D eigenvalue weighted by molar-refractivity contribution is 0.0621. The summed E-state index contributed by atoms with van der Waals surface area (Å²) >= 11 is 0. The molecule has 2 rings (SSSR count). The van der Waals surface area contributed by atoms with Gasteiger partial charge in [-0.15, -0.1) is 0 Å². The summed E-state index contributed by atoms with van der Waals surface area (Å²) in [5.41, 5.74) is 0.580. The molecule has 0 radical (unpaired) electrons. The molecule has 14 heavy (non-hydrogen) atoms. The third-order valence-electron chi connectivity index (χ3n) is 4.16. The molecule has 2 saturated heterocycles. The molecule has 0 unspecified atom stereocenters. The number of piperidine rings is 1. The molecule has 2 aliphatic heterocycles. The van der Waals surface area contributed by atoms with E-state index in [1.54, 1.807) is 0 Å². The second-order valence-corrected chi connectivity index (χ2v) is 4.86. The molecule has 82 valence electrons. The molecule has 1 N–H and O–H groups in total. The van der Waals surface area contributed by atoms with Crippen LogP contribution in [0.2, 0.25) is 0 Å². The largest absolute Gasteiger partial charge is 0.317 e. The Hall–Kier alpha value is -0.0800. The monoisotopic (exact) mass is 196 g/mol. The first kappa shape index (κ1) is 10.4. The summed E-state index contributed by atoms with van der Waals surface area (Å²) in [6.45, 7) is 7.39. The molecule has 0 aliphatic carbocycles. The standard InChI is InChI=1S/C12H24N2/c1-2-14-11-5-3-4-6-12(14)7-9-13-10-8-12/h13H,2-11H2,1H3. The summed E-state index contributed by atoms with van der Waals surface area (Å²) in [7, 11) is 0. The first-order valence-corrected chi connectivity index (χ1v) is 6.33. The molecule has 0 bridgehead atoms. The molecule has 0 aromatic carbocycles. The SMILES string of the molecule is CCN1CCCCCC12CCNCC2. The lowest BCUT2D eigenvalue weighted by atomic mass is 9.82. The molecule has 2 fully saturated rings. The normalized spacial score (nSPS) is 28.9. The van der Waals surface area contributed by atoms with Crippen molar-refractivity contribution in [2.24, 2.45) is 0 Å². The summed E-state index contributed by atoms with van der Waals surface area (Å²) in [6, 6.07) is 0. The second-order valence-electron chi connectivity index (χ2n) is 4.86. The van der Waals surface area contributed by atoms with Gasteiger partial charge in [0.05, 0.1) is 0 Å². The minimum atomic E-state index is 0.580. The van der Waals surface area contributed by atoms with E-state index in [4.69, 9.17) is 0 Å². The van der Waals surface area contributed by atoms with E-state index in [-0.39, 0.29) is 0 Å². The number of hydrogen-bond donors (Lipinski definition) is 1. The van der Waals surface area contributed by atoms with Crippen molar-refractivity contribution >= 4 is 0 Å². The van der Waals surface area contributed by atoms with Crippen LogP contribution in [-0.2, 0) is 0 Å². The average Bonchev–Trinajstić information content (AvgIpc) is 2.42. The lowest BCUT2D eigenvalue weighted by Crippen LogP contribution is -2.54. The van der Waals surface area contributed by atoms with Gasteiger partial charge < -0.3 is 5.32 Å². The van der Waals surface area contributed by atoms with Crippen molar-refractivity contribution in [3.63, 3.8) is 0 Å². The van der Waals surface area contributed by atoms with Gasteiger partial charge in [-0.25, -0.2) is 0 Å². The summed E-state index contributed by atoms with van der Waals surface area (Å²) in [4.78, 5) is 2.76. The Labute approximate surface area is 88.1 Å². The van der Waals surface area contributed by atoms with Crippen molar-refractivity contribution in [3.8, 4) is 0 Å². The van der Waals surface area contributed by atoms with Crippen molar-refractivity contribution in [2.45, 2.75) is 51.0 Å². The predicted molar refractivity (Wildman–Crippen MR) is 60.5 cm³/mol. The van der Waals surface area contributed by atoms with Crippen molar-refractivity contribution in [1.29, 1.82) is 0 Å². The van der Waals surface area contributed by atoms with Gasteiger partial charge in [0.25, 0.3) is 0 Å².